The van der Waals surface area contributed by atoms with Crippen LogP contribution in [0.5, 0.6) is 5.75 Å². The number of hydrogen-bond acceptors (Lipinski definition) is 5. The molecule has 1 fully saturated rings. The first kappa shape index (κ1) is 18.7. The number of carbonyl (C=O) groups is 1. The summed E-state index contributed by atoms with van der Waals surface area (Å²) in [6, 6.07) is 5.60. The van der Waals surface area contributed by atoms with Crippen LogP contribution in [0.4, 0.5) is 11.5 Å². The van der Waals surface area contributed by atoms with Gasteiger partial charge in [0.05, 0.1) is 12.8 Å². The molecule has 1 aromatic carbocycles. The number of anilines is 2. The maximum atomic E-state index is 13.2. The van der Waals surface area contributed by atoms with Crippen LogP contribution in [0.15, 0.2) is 18.2 Å². The molecule has 1 aromatic heterocycles. The fraction of sp³-hybridized carbons (Fsp3) is 0.500. The zero-order valence-corrected chi connectivity index (χ0v) is 16.9. The molecule has 148 valence electrons. The van der Waals surface area contributed by atoms with E-state index >= 15 is 0 Å². The van der Waals surface area contributed by atoms with E-state index in [2.05, 4.69) is 15.2 Å². The zero-order chi connectivity index (χ0) is 19.7. The van der Waals surface area contributed by atoms with Gasteiger partial charge in [-0.2, -0.15) is 0 Å². The average Bonchev–Trinajstić information content (AvgIpc) is 3.17. The van der Waals surface area contributed by atoms with Gasteiger partial charge in [-0.25, -0.2) is 9.97 Å². The molecule has 1 aliphatic carbocycles. The summed E-state index contributed by atoms with van der Waals surface area (Å²) >= 11 is 0. The van der Waals surface area contributed by atoms with Crippen molar-refractivity contribution in [2.24, 2.45) is 0 Å². The van der Waals surface area contributed by atoms with Crippen LogP contribution >= 0.6 is 0 Å². The van der Waals surface area contributed by atoms with Crippen LogP contribution in [0.25, 0.3) is 0 Å². The van der Waals surface area contributed by atoms with E-state index in [0.29, 0.717) is 5.75 Å². The van der Waals surface area contributed by atoms with E-state index in [0.717, 1.165) is 61.5 Å². The second-order valence-corrected chi connectivity index (χ2v) is 7.77. The first-order valence-electron chi connectivity index (χ1n) is 10.2. The third-order valence-corrected chi connectivity index (χ3v) is 5.71. The molecule has 0 bridgehead atoms. The predicted molar refractivity (Wildman–Crippen MR) is 110 cm³/mol. The Morgan fingerprint density at radius 3 is 2.82 bits per heavy atom. The standard InChI is InChI=1S/C22H28N4O2/c1-14-10-11-20(28-3)18(13-14)25-22(27)19-9-6-12-26(19)21-16-7-4-5-8-17(16)23-15(2)24-21/h10-11,13,19H,4-9,12H2,1-3H3,(H,25,27). The SMILES string of the molecule is COc1ccc(C)cc1NC(=O)C1CCCN1c1nc(C)nc2c1CCCC2. The van der Waals surface area contributed by atoms with Crippen molar-refractivity contribution in [3.63, 3.8) is 0 Å². The maximum absolute atomic E-state index is 13.2. The summed E-state index contributed by atoms with van der Waals surface area (Å²) in [4.78, 5) is 24.8. The number of ether oxygens (including phenoxy) is 1. The molecule has 1 saturated heterocycles. The number of amides is 1. The molecule has 4 rings (SSSR count). The Hall–Kier alpha value is -2.63. The number of benzene rings is 1. The maximum Gasteiger partial charge on any atom is 0.247 e. The summed E-state index contributed by atoms with van der Waals surface area (Å²) in [6.07, 6.45) is 6.18. The van der Waals surface area contributed by atoms with Crippen LogP contribution in [0.2, 0.25) is 0 Å². The Labute approximate surface area is 166 Å². The second-order valence-electron chi connectivity index (χ2n) is 7.77. The summed E-state index contributed by atoms with van der Waals surface area (Å²) < 4.78 is 5.42. The Kier molecular flexibility index (Phi) is 5.20. The molecule has 6 heteroatoms. The number of carbonyl (C=O) groups excluding carboxylic acids is 1. The Bertz CT molecular complexity index is 896. The highest BCUT2D eigenvalue weighted by molar-refractivity contribution is 5.98. The first-order valence-corrected chi connectivity index (χ1v) is 10.2. The number of methoxy groups -OCH3 is 1. The van der Waals surface area contributed by atoms with Gasteiger partial charge >= 0.3 is 0 Å². The Morgan fingerprint density at radius 2 is 2.00 bits per heavy atom. The molecule has 1 aliphatic heterocycles. The van der Waals surface area contributed by atoms with Gasteiger partial charge in [0, 0.05) is 17.8 Å². The zero-order valence-electron chi connectivity index (χ0n) is 16.9. The molecule has 2 aromatic rings. The summed E-state index contributed by atoms with van der Waals surface area (Å²) in [6.45, 7) is 4.81. The number of hydrogen-bond donors (Lipinski definition) is 1. The predicted octanol–water partition coefficient (Wildman–Crippen LogP) is 3.59. The summed E-state index contributed by atoms with van der Waals surface area (Å²) in [5, 5.41) is 3.09. The van der Waals surface area contributed by atoms with Gasteiger partial charge in [-0.05, 0) is 70.1 Å². The van der Waals surface area contributed by atoms with Crippen molar-refractivity contribution >= 4 is 17.4 Å². The lowest BCUT2D eigenvalue weighted by molar-refractivity contribution is -0.117. The summed E-state index contributed by atoms with van der Waals surface area (Å²) in [5.41, 5.74) is 4.21. The minimum absolute atomic E-state index is 0.00206. The molecule has 1 atom stereocenters. The van der Waals surface area contributed by atoms with Crippen molar-refractivity contribution in [1.29, 1.82) is 0 Å². The highest BCUT2D eigenvalue weighted by Crippen LogP contribution is 2.33. The molecule has 0 spiro atoms. The van der Waals surface area contributed by atoms with Gasteiger partial charge in [0.25, 0.3) is 0 Å². The number of nitrogens with zero attached hydrogens (tertiary/aromatic N) is 3. The van der Waals surface area contributed by atoms with Crippen LogP contribution in [-0.4, -0.2) is 35.6 Å². The topological polar surface area (TPSA) is 67.3 Å². The van der Waals surface area contributed by atoms with Crippen molar-refractivity contribution in [2.45, 2.75) is 58.4 Å². The molecular formula is C22H28N4O2. The largest absolute Gasteiger partial charge is 0.495 e. The lowest BCUT2D eigenvalue weighted by atomic mass is 9.96. The number of aryl methyl sites for hydroxylation is 3. The Morgan fingerprint density at radius 1 is 1.18 bits per heavy atom. The van der Waals surface area contributed by atoms with Crippen molar-refractivity contribution in [1.82, 2.24) is 9.97 Å². The molecule has 1 amide bonds. The van der Waals surface area contributed by atoms with E-state index in [9.17, 15) is 4.79 Å². The third kappa shape index (κ3) is 3.55. The fourth-order valence-electron chi connectivity index (χ4n) is 4.36. The van der Waals surface area contributed by atoms with Crippen molar-refractivity contribution in [3.8, 4) is 5.75 Å². The number of rotatable bonds is 4. The van der Waals surface area contributed by atoms with Crippen LogP contribution in [0.1, 0.15) is 48.3 Å². The normalized spacial score (nSPS) is 18.7. The molecule has 2 heterocycles. The molecule has 2 aliphatic rings. The van der Waals surface area contributed by atoms with E-state index in [1.165, 1.54) is 17.7 Å². The molecule has 0 saturated carbocycles. The van der Waals surface area contributed by atoms with Crippen molar-refractivity contribution in [2.75, 3.05) is 23.9 Å². The number of fused-ring (bicyclic) bond motifs is 1. The van der Waals surface area contributed by atoms with E-state index in [4.69, 9.17) is 9.72 Å². The summed E-state index contributed by atoms with van der Waals surface area (Å²) in [5.74, 6) is 2.44. The molecule has 0 radical (unpaired) electrons. The van der Waals surface area contributed by atoms with E-state index in [1.807, 2.05) is 32.0 Å². The monoisotopic (exact) mass is 380 g/mol. The third-order valence-electron chi connectivity index (χ3n) is 5.71. The molecule has 1 unspecified atom stereocenters. The summed E-state index contributed by atoms with van der Waals surface area (Å²) in [7, 11) is 1.62. The number of nitrogens with one attached hydrogen (secondary N) is 1. The van der Waals surface area contributed by atoms with Gasteiger partial charge in [0.2, 0.25) is 5.91 Å². The van der Waals surface area contributed by atoms with Gasteiger partial charge in [-0.15, -0.1) is 0 Å². The van der Waals surface area contributed by atoms with Crippen molar-refractivity contribution < 1.29 is 9.53 Å². The fourth-order valence-corrected chi connectivity index (χ4v) is 4.36. The molecule has 1 N–H and O–H groups in total. The lowest BCUT2D eigenvalue weighted by Gasteiger charge is -2.29. The first-order chi connectivity index (χ1) is 13.6. The van der Waals surface area contributed by atoms with Crippen molar-refractivity contribution in [3.05, 3.63) is 40.8 Å². The molecular weight excluding hydrogens is 352 g/mol. The van der Waals surface area contributed by atoms with Crippen LogP contribution < -0.4 is 15.0 Å². The van der Waals surface area contributed by atoms with E-state index in [-0.39, 0.29) is 11.9 Å². The van der Waals surface area contributed by atoms with Gasteiger partial charge in [0.1, 0.15) is 23.4 Å². The van der Waals surface area contributed by atoms with Gasteiger partial charge in [0.15, 0.2) is 0 Å². The average molecular weight is 380 g/mol. The minimum atomic E-state index is -0.217. The van der Waals surface area contributed by atoms with Crippen LogP contribution in [-0.2, 0) is 17.6 Å². The van der Waals surface area contributed by atoms with E-state index in [1.54, 1.807) is 7.11 Å². The van der Waals surface area contributed by atoms with Crippen LogP contribution in [0, 0.1) is 13.8 Å². The smallest absolute Gasteiger partial charge is 0.247 e. The van der Waals surface area contributed by atoms with E-state index < -0.39 is 0 Å². The lowest BCUT2D eigenvalue weighted by Crippen LogP contribution is -2.41. The van der Waals surface area contributed by atoms with Gasteiger partial charge in [-0.1, -0.05) is 6.07 Å². The highest BCUT2D eigenvalue weighted by atomic mass is 16.5. The molecule has 28 heavy (non-hydrogen) atoms. The van der Waals surface area contributed by atoms with Gasteiger partial charge < -0.3 is 15.0 Å². The van der Waals surface area contributed by atoms with Crippen LogP contribution in [0.3, 0.4) is 0 Å². The Balaban J connectivity index is 1.62. The second kappa shape index (κ2) is 7.78. The minimum Gasteiger partial charge on any atom is -0.495 e. The highest BCUT2D eigenvalue weighted by Gasteiger charge is 2.34. The quantitative estimate of drug-likeness (QED) is 0.878. The molecule has 6 nitrogen and oxygen atoms in total. The van der Waals surface area contributed by atoms with Gasteiger partial charge in [-0.3, -0.25) is 4.79 Å². The number of aromatic nitrogens is 2.